The Morgan fingerprint density at radius 2 is 2.44 bits per heavy atom. The Morgan fingerprint density at radius 1 is 1.89 bits per heavy atom. The molecular weight excluding hydrogens is 122 g/mol. The van der Waals surface area contributed by atoms with E-state index < -0.39 is 5.97 Å². The monoisotopic (exact) mass is 131 g/mol. The third-order valence-electron chi connectivity index (χ3n) is 0.487. The summed E-state index contributed by atoms with van der Waals surface area (Å²) < 4.78 is 4.65. The van der Waals surface area contributed by atoms with E-state index in [1.165, 1.54) is 6.40 Å². The first-order valence-corrected chi connectivity index (χ1v) is 2.53. The second-order valence-corrected chi connectivity index (χ2v) is 1.40. The van der Waals surface area contributed by atoms with Gasteiger partial charge in [0.05, 0.1) is 6.54 Å². The van der Waals surface area contributed by atoms with Crippen molar-refractivity contribution in [2.45, 2.75) is 6.92 Å². The lowest BCUT2D eigenvalue weighted by Gasteiger charge is -1.76. The molecule has 0 bridgehead atoms. The Morgan fingerprint density at radius 3 is 2.56 bits per heavy atom. The lowest BCUT2D eigenvalue weighted by atomic mass is 10.8. The third-order valence-corrected chi connectivity index (χ3v) is 0.487. The van der Waals surface area contributed by atoms with E-state index in [9.17, 15) is 0 Å². The summed E-state index contributed by atoms with van der Waals surface area (Å²) >= 11 is 0. The van der Waals surface area contributed by atoms with Crippen LogP contribution in [0.3, 0.4) is 0 Å². The van der Waals surface area contributed by atoms with Crippen LogP contribution in [-0.2, 0) is 9.53 Å². The van der Waals surface area contributed by atoms with Crippen LogP contribution in [0, 0.1) is 0 Å². The Balaban J connectivity index is 0.000000148. The molecule has 1 aliphatic rings. The van der Waals surface area contributed by atoms with Crippen LogP contribution in [0.2, 0.25) is 0 Å². The van der Waals surface area contributed by atoms with Crippen LogP contribution in [-0.4, -0.2) is 30.6 Å². The SMILES string of the molecule is C1=NCCO1.CC(=O)O. The number of aliphatic imine (C=N–C) groups is 1. The zero-order chi connectivity index (χ0) is 7.11. The van der Waals surface area contributed by atoms with Gasteiger partial charge in [-0.1, -0.05) is 0 Å². The highest BCUT2D eigenvalue weighted by molar-refractivity contribution is 5.62. The topological polar surface area (TPSA) is 58.9 Å². The van der Waals surface area contributed by atoms with E-state index in [1.54, 1.807) is 0 Å². The third kappa shape index (κ3) is 10.9. The van der Waals surface area contributed by atoms with Crippen LogP contribution in [0.5, 0.6) is 0 Å². The molecular formula is C5H9NO3. The largest absolute Gasteiger partial charge is 0.482 e. The van der Waals surface area contributed by atoms with Gasteiger partial charge in [0.2, 0.25) is 0 Å². The van der Waals surface area contributed by atoms with Gasteiger partial charge in [-0.3, -0.25) is 9.79 Å². The molecule has 0 atom stereocenters. The van der Waals surface area contributed by atoms with Crippen molar-refractivity contribution in [3.05, 3.63) is 0 Å². The van der Waals surface area contributed by atoms with Gasteiger partial charge in [-0.05, 0) is 0 Å². The first kappa shape index (κ1) is 7.94. The number of hydrogen-bond donors (Lipinski definition) is 1. The number of ether oxygens (including phenoxy) is 1. The van der Waals surface area contributed by atoms with Gasteiger partial charge < -0.3 is 9.84 Å². The van der Waals surface area contributed by atoms with Gasteiger partial charge in [-0.25, -0.2) is 0 Å². The number of rotatable bonds is 0. The summed E-state index contributed by atoms with van der Waals surface area (Å²) in [5, 5.41) is 7.42. The van der Waals surface area contributed by atoms with Crippen LogP contribution in [0.15, 0.2) is 4.99 Å². The zero-order valence-electron chi connectivity index (χ0n) is 5.20. The van der Waals surface area contributed by atoms with Crippen molar-refractivity contribution in [2.75, 3.05) is 13.2 Å². The van der Waals surface area contributed by atoms with Gasteiger partial charge >= 0.3 is 0 Å². The highest BCUT2D eigenvalue weighted by Gasteiger charge is 1.84. The molecule has 4 nitrogen and oxygen atoms in total. The first-order chi connectivity index (χ1) is 4.23. The molecule has 0 radical (unpaired) electrons. The van der Waals surface area contributed by atoms with Crippen molar-refractivity contribution in [3.63, 3.8) is 0 Å². The maximum absolute atomic E-state index is 9.00. The molecule has 4 heteroatoms. The smallest absolute Gasteiger partial charge is 0.300 e. The van der Waals surface area contributed by atoms with Gasteiger partial charge in [0, 0.05) is 6.92 Å². The highest BCUT2D eigenvalue weighted by atomic mass is 16.5. The molecule has 1 heterocycles. The number of nitrogens with zero attached hydrogens (tertiary/aromatic N) is 1. The van der Waals surface area contributed by atoms with E-state index in [0.29, 0.717) is 0 Å². The molecule has 0 amide bonds. The van der Waals surface area contributed by atoms with E-state index in [4.69, 9.17) is 9.90 Å². The van der Waals surface area contributed by atoms with E-state index in [2.05, 4.69) is 9.73 Å². The summed E-state index contributed by atoms with van der Waals surface area (Å²) in [5.74, 6) is -0.833. The molecule has 1 N–H and O–H groups in total. The summed E-state index contributed by atoms with van der Waals surface area (Å²) in [6, 6.07) is 0. The van der Waals surface area contributed by atoms with E-state index in [0.717, 1.165) is 20.1 Å². The molecule has 0 spiro atoms. The minimum Gasteiger partial charge on any atom is -0.482 e. The minimum atomic E-state index is -0.833. The number of carboxylic acid groups (broad SMARTS) is 1. The number of carboxylic acids is 1. The zero-order valence-corrected chi connectivity index (χ0v) is 5.20. The number of aliphatic carboxylic acids is 1. The van der Waals surface area contributed by atoms with Crippen LogP contribution in [0.1, 0.15) is 6.92 Å². The summed E-state index contributed by atoms with van der Waals surface area (Å²) in [6.45, 7) is 2.71. The molecule has 0 aliphatic carbocycles. The lowest BCUT2D eigenvalue weighted by Crippen LogP contribution is -1.80. The molecule has 0 aromatic carbocycles. The Bertz CT molecular complexity index is 101. The Hall–Kier alpha value is -1.06. The standard InChI is InChI=1S/C3H5NO.C2H4O2/c1-2-5-3-4-1;1-2(3)4/h3H,1-2H2;1H3,(H,3,4). The summed E-state index contributed by atoms with van der Waals surface area (Å²) in [7, 11) is 0. The molecule has 0 saturated heterocycles. The van der Waals surface area contributed by atoms with Crippen molar-refractivity contribution >= 4 is 12.4 Å². The van der Waals surface area contributed by atoms with E-state index in [-0.39, 0.29) is 0 Å². The molecule has 0 fully saturated rings. The average molecular weight is 131 g/mol. The normalized spacial score (nSPS) is 13.4. The molecule has 0 aromatic rings. The molecule has 0 unspecified atom stereocenters. The molecule has 52 valence electrons. The fraction of sp³-hybridized carbons (Fsp3) is 0.600. The van der Waals surface area contributed by atoms with Gasteiger partial charge in [-0.2, -0.15) is 0 Å². The van der Waals surface area contributed by atoms with Crippen LogP contribution < -0.4 is 0 Å². The number of carbonyl (C=O) groups is 1. The quantitative estimate of drug-likeness (QED) is 0.508. The van der Waals surface area contributed by atoms with Gasteiger partial charge in [0.1, 0.15) is 6.61 Å². The van der Waals surface area contributed by atoms with Crippen molar-refractivity contribution in [2.24, 2.45) is 4.99 Å². The van der Waals surface area contributed by atoms with Crippen molar-refractivity contribution in [1.29, 1.82) is 0 Å². The predicted octanol–water partition coefficient (Wildman–Crippen LogP) is 0.136. The highest BCUT2D eigenvalue weighted by Crippen LogP contribution is 1.78. The maximum atomic E-state index is 9.00. The van der Waals surface area contributed by atoms with Crippen LogP contribution in [0.4, 0.5) is 0 Å². The molecule has 0 aromatic heterocycles. The van der Waals surface area contributed by atoms with Gasteiger partial charge in [-0.15, -0.1) is 0 Å². The van der Waals surface area contributed by atoms with Crippen molar-refractivity contribution < 1.29 is 14.6 Å². The Labute approximate surface area is 53.2 Å². The van der Waals surface area contributed by atoms with Crippen LogP contribution in [0.25, 0.3) is 0 Å². The molecule has 0 saturated carbocycles. The molecule has 1 rings (SSSR count). The van der Waals surface area contributed by atoms with Crippen LogP contribution >= 0.6 is 0 Å². The first-order valence-electron chi connectivity index (χ1n) is 2.53. The fourth-order valence-electron chi connectivity index (χ4n) is 0.264. The van der Waals surface area contributed by atoms with Crippen molar-refractivity contribution in [1.82, 2.24) is 0 Å². The maximum Gasteiger partial charge on any atom is 0.300 e. The van der Waals surface area contributed by atoms with Crippen molar-refractivity contribution in [3.8, 4) is 0 Å². The second kappa shape index (κ2) is 5.08. The average Bonchev–Trinajstić information content (AvgIpc) is 2.11. The van der Waals surface area contributed by atoms with Gasteiger partial charge in [0.25, 0.3) is 5.97 Å². The lowest BCUT2D eigenvalue weighted by molar-refractivity contribution is -0.134. The Kier molecular flexibility index (Phi) is 4.49. The van der Waals surface area contributed by atoms with Gasteiger partial charge in [0.15, 0.2) is 6.40 Å². The summed E-state index contributed by atoms with van der Waals surface area (Å²) in [4.78, 5) is 12.7. The molecule has 1 aliphatic heterocycles. The number of hydrogen-bond acceptors (Lipinski definition) is 3. The fourth-order valence-corrected chi connectivity index (χ4v) is 0.264. The summed E-state index contributed by atoms with van der Waals surface area (Å²) in [5.41, 5.74) is 0. The van der Waals surface area contributed by atoms with E-state index >= 15 is 0 Å². The van der Waals surface area contributed by atoms with E-state index in [1.807, 2.05) is 0 Å². The minimum absolute atomic E-state index is 0.778. The molecule has 9 heavy (non-hydrogen) atoms. The summed E-state index contributed by atoms with van der Waals surface area (Å²) in [6.07, 6.45) is 1.49. The second-order valence-electron chi connectivity index (χ2n) is 1.40. The predicted molar refractivity (Wildman–Crippen MR) is 32.6 cm³/mol.